The first-order valence-electron chi connectivity index (χ1n) is 7.20. The lowest BCUT2D eigenvalue weighted by molar-refractivity contribution is -0.123. The molecule has 0 spiro atoms. The number of rotatable bonds is 8. The van der Waals surface area contributed by atoms with Crippen LogP contribution in [0, 0.1) is 11.3 Å². The van der Waals surface area contributed by atoms with Crippen molar-refractivity contribution in [3.63, 3.8) is 0 Å². The highest BCUT2D eigenvalue weighted by atomic mass is 35.5. The van der Waals surface area contributed by atoms with Gasteiger partial charge in [-0.1, -0.05) is 26.7 Å². The lowest BCUT2D eigenvalue weighted by Crippen LogP contribution is -2.50. The van der Waals surface area contributed by atoms with Gasteiger partial charge in [0.25, 0.3) is 0 Å². The fourth-order valence-electron chi connectivity index (χ4n) is 2.81. The zero-order chi connectivity index (χ0) is 13.6. The van der Waals surface area contributed by atoms with Gasteiger partial charge in [0.15, 0.2) is 0 Å². The molecule has 1 amide bonds. The maximum absolute atomic E-state index is 11.8. The number of hydrogen-bond donors (Lipinski definition) is 3. The number of amides is 1. The number of nitrogens with two attached hydrogens (primary N) is 1. The molecule has 0 aliphatic heterocycles. The fourth-order valence-corrected chi connectivity index (χ4v) is 2.81. The first kappa shape index (κ1) is 18.7. The van der Waals surface area contributed by atoms with Crippen LogP contribution in [-0.2, 0) is 4.79 Å². The maximum atomic E-state index is 11.8. The molecule has 5 heteroatoms. The molecule has 2 atom stereocenters. The highest BCUT2D eigenvalue weighted by Crippen LogP contribution is 2.47. The van der Waals surface area contributed by atoms with Crippen LogP contribution in [0.2, 0.25) is 0 Å². The molecule has 0 aromatic rings. The van der Waals surface area contributed by atoms with Crippen molar-refractivity contribution in [2.24, 2.45) is 17.1 Å². The summed E-state index contributed by atoms with van der Waals surface area (Å²) in [4.78, 5) is 11.8. The van der Waals surface area contributed by atoms with Crippen molar-refractivity contribution in [2.45, 2.75) is 58.4 Å². The van der Waals surface area contributed by atoms with E-state index in [0.29, 0.717) is 12.5 Å². The number of halogens is 1. The third-order valence-electron chi connectivity index (χ3n) is 4.51. The third kappa shape index (κ3) is 4.93. The average Bonchev–Trinajstić information content (AvgIpc) is 2.28. The van der Waals surface area contributed by atoms with E-state index in [4.69, 9.17) is 10.8 Å². The van der Waals surface area contributed by atoms with Crippen molar-refractivity contribution in [3.8, 4) is 0 Å². The second-order valence-electron chi connectivity index (χ2n) is 5.74. The molecule has 0 saturated heterocycles. The van der Waals surface area contributed by atoms with Gasteiger partial charge in [0.2, 0.25) is 5.91 Å². The van der Waals surface area contributed by atoms with Gasteiger partial charge in [-0.05, 0) is 37.0 Å². The van der Waals surface area contributed by atoms with Crippen LogP contribution >= 0.6 is 12.4 Å². The standard InChI is InChI=1S/C14H28N2O2.ClH/c1-3-5-12(15)13(18)16-10-14(7-4-8-14)11(2)6-9-17;/h11-12,17H,3-10,15H2,1-2H3,(H,16,18);1H. The molecule has 0 radical (unpaired) electrons. The molecule has 1 aliphatic rings. The SMILES string of the molecule is CCCC(N)C(=O)NCC1(C(C)CCO)CCC1.Cl. The smallest absolute Gasteiger partial charge is 0.236 e. The summed E-state index contributed by atoms with van der Waals surface area (Å²) in [6.07, 6.45) is 6.02. The fraction of sp³-hybridized carbons (Fsp3) is 0.929. The van der Waals surface area contributed by atoms with Gasteiger partial charge < -0.3 is 16.2 Å². The second-order valence-corrected chi connectivity index (χ2v) is 5.74. The van der Waals surface area contributed by atoms with Crippen LogP contribution in [0.3, 0.4) is 0 Å². The monoisotopic (exact) mass is 292 g/mol. The minimum absolute atomic E-state index is 0. The lowest BCUT2D eigenvalue weighted by atomic mass is 9.60. The van der Waals surface area contributed by atoms with E-state index in [1.165, 1.54) is 6.42 Å². The Morgan fingerprint density at radius 2 is 2.05 bits per heavy atom. The molecule has 4 nitrogen and oxygen atoms in total. The van der Waals surface area contributed by atoms with E-state index in [-0.39, 0.29) is 36.4 Å². The summed E-state index contributed by atoms with van der Waals surface area (Å²) in [5.41, 5.74) is 6.00. The van der Waals surface area contributed by atoms with Crippen LogP contribution in [0.15, 0.2) is 0 Å². The number of carbonyl (C=O) groups excluding carboxylic acids is 1. The Kier molecular flexibility index (Phi) is 8.62. The molecule has 4 N–H and O–H groups in total. The topological polar surface area (TPSA) is 75.4 Å². The van der Waals surface area contributed by atoms with Gasteiger partial charge in [0, 0.05) is 13.2 Å². The van der Waals surface area contributed by atoms with Crippen LogP contribution in [0.4, 0.5) is 0 Å². The quantitative estimate of drug-likeness (QED) is 0.639. The Balaban J connectivity index is 0.00000324. The van der Waals surface area contributed by atoms with Crippen LogP contribution in [-0.4, -0.2) is 30.2 Å². The summed E-state index contributed by atoms with van der Waals surface area (Å²) < 4.78 is 0. The van der Waals surface area contributed by atoms with Crippen LogP contribution in [0.5, 0.6) is 0 Å². The van der Waals surface area contributed by atoms with E-state index in [9.17, 15) is 4.79 Å². The Bertz CT molecular complexity index is 270. The largest absolute Gasteiger partial charge is 0.396 e. The summed E-state index contributed by atoms with van der Waals surface area (Å²) in [7, 11) is 0. The van der Waals surface area contributed by atoms with Crippen molar-refractivity contribution < 1.29 is 9.90 Å². The number of aliphatic hydroxyl groups excluding tert-OH is 1. The van der Waals surface area contributed by atoms with Gasteiger partial charge in [-0.25, -0.2) is 0 Å². The molecular formula is C14H29ClN2O2. The highest BCUT2D eigenvalue weighted by Gasteiger charge is 2.41. The van der Waals surface area contributed by atoms with E-state index in [1.54, 1.807) is 0 Å². The van der Waals surface area contributed by atoms with Crippen LogP contribution in [0.25, 0.3) is 0 Å². The molecule has 19 heavy (non-hydrogen) atoms. The third-order valence-corrected chi connectivity index (χ3v) is 4.51. The van der Waals surface area contributed by atoms with Gasteiger partial charge in [-0.3, -0.25) is 4.79 Å². The summed E-state index contributed by atoms with van der Waals surface area (Å²) in [6, 6.07) is -0.375. The van der Waals surface area contributed by atoms with Crippen molar-refractivity contribution >= 4 is 18.3 Å². The van der Waals surface area contributed by atoms with Gasteiger partial charge in [-0.15, -0.1) is 12.4 Å². The molecule has 0 heterocycles. The first-order valence-corrected chi connectivity index (χ1v) is 7.20. The van der Waals surface area contributed by atoms with E-state index >= 15 is 0 Å². The van der Waals surface area contributed by atoms with Gasteiger partial charge >= 0.3 is 0 Å². The van der Waals surface area contributed by atoms with E-state index in [0.717, 1.165) is 32.1 Å². The van der Waals surface area contributed by atoms with Crippen molar-refractivity contribution in [3.05, 3.63) is 0 Å². The zero-order valence-electron chi connectivity index (χ0n) is 12.2. The minimum atomic E-state index is -0.375. The summed E-state index contributed by atoms with van der Waals surface area (Å²) >= 11 is 0. The van der Waals surface area contributed by atoms with Gasteiger partial charge in [-0.2, -0.15) is 0 Å². The Morgan fingerprint density at radius 3 is 2.47 bits per heavy atom. The van der Waals surface area contributed by atoms with Gasteiger partial charge in [0.05, 0.1) is 6.04 Å². The van der Waals surface area contributed by atoms with Crippen molar-refractivity contribution in [1.29, 1.82) is 0 Å². The van der Waals surface area contributed by atoms with E-state index in [1.807, 2.05) is 6.92 Å². The lowest BCUT2D eigenvalue weighted by Gasteiger charge is -2.47. The molecule has 114 valence electrons. The van der Waals surface area contributed by atoms with Gasteiger partial charge in [0.1, 0.15) is 0 Å². The molecule has 0 bridgehead atoms. The number of hydrogen-bond acceptors (Lipinski definition) is 3. The molecule has 1 saturated carbocycles. The normalized spacial score (nSPS) is 19.8. The van der Waals surface area contributed by atoms with E-state index in [2.05, 4.69) is 12.2 Å². The number of aliphatic hydroxyl groups is 1. The summed E-state index contributed by atoms with van der Waals surface area (Å²) in [5.74, 6) is 0.429. The molecule has 0 aromatic carbocycles. The number of nitrogens with one attached hydrogen (secondary N) is 1. The molecular weight excluding hydrogens is 264 g/mol. The predicted molar refractivity (Wildman–Crippen MR) is 80.3 cm³/mol. The Hall–Kier alpha value is -0.320. The predicted octanol–water partition coefficient (Wildman–Crippen LogP) is 1.84. The van der Waals surface area contributed by atoms with Crippen LogP contribution in [0.1, 0.15) is 52.4 Å². The molecule has 2 unspecified atom stereocenters. The Labute approximate surface area is 122 Å². The van der Waals surface area contributed by atoms with E-state index < -0.39 is 0 Å². The maximum Gasteiger partial charge on any atom is 0.236 e. The minimum Gasteiger partial charge on any atom is -0.396 e. The number of carbonyl (C=O) groups is 1. The molecule has 1 fully saturated rings. The second kappa shape index (κ2) is 8.77. The molecule has 0 aromatic heterocycles. The molecule has 1 rings (SSSR count). The summed E-state index contributed by atoms with van der Waals surface area (Å²) in [6.45, 7) is 5.15. The first-order chi connectivity index (χ1) is 8.55. The van der Waals surface area contributed by atoms with Crippen molar-refractivity contribution in [2.75, 3.05) is 13.2 Å². The zero-order valence-corrected chi connectivity index (χ0v) is 13.0. The van der Waals surface area contributed by atoms with Crippen LogP contribution < -0.4 is 11.1 Å². The summed E-state index contributed by atoms with van der Waals surface area (Å²) in [5, 5.41) is 12.1. The molecule has 1 aliphatic carbocycles. The Morgan fingerprint density at radius 1 is 1.42 bits per heavy atom. The van der Waals surface area contributed by atoms with Crippen molar-refractivity contribution in [1.82, 2.24) is 5.32 Å². The average molecular weight is 293 g/mol. The highest BCUT2D eigenvalue weighted by molar-refractivity contribution is 5.85.